The Morgan fingerprint density at radius 2 is 1.46 bits per heavy atom. The molecule has 2 aliphatic carbocycles. The van der Waals surface area contributed by atoms with Crippen molar-refractivity contribution < 1.29 is 9.53 Å². The third-order valence-electron chi connectivity index (χ3n) is 6.33. The van der Waals surface area contributed by atoms with E-state index in [4.69, 9.17) is 4.74 Å². The van der Waals surface area contributed by atoms with Gasteiger partial charge in [-0.15, -0.1) is 0 Å². The van der Waals surface area contributed by atoms with E-state index in [1.54, 1.807) is 0 Å². The summed E-state index contributed by atoms with van der Waals surface area (Å²) in [5.41, 5.74) is 0. The monoisotopic (exact) mass is 336 g/mol. The fourth-order valence-corrected chi connectivity index (χ4v) is 4.67. The minimum Gasteiger partial charge on any atom is -0.381 e. The lowest BCUT2D eigenvalue weighted by molar-refractivity contribution is -0.123. The van der Waals surface area contributed by atoms with Crippen molar-refractivity contribution >= 4 is 5.91 Å². The highest BCUT2D eigenvalue weighted by atomic mass is 16.5. The van der Waals surface area contributed by atoms with E-state index in [1.807, 2.05) is 0 Å². The zero-order valence-electron chi connectivity index (χ0n) is 15.2. The average Bonchev–Trinajstić information content (AvgIpc) is 2.63. The van der Waals surface area contributed by atoms with E-state index in [9.17, 15) is 4.79 Å². The van der Waals surface area contributed by atoms with Gasteiger partial charge in [0, 0.05) is 31.7 Å². The Bertz CT molecular complexity index is 368. The molecule has 4 nitrogen and oxygen atoms in total. The van der Waals surface area contributed by atoms with Gasteiger partial charge in [0.25, 0.3) is 0 Å². The molecule has 1 amide bonds. The summed E-state index contributed by atoms with van der Waals surface area (Å²) in [7, 11) is 0. The van der Waals surface area contributed by atoms with Crippen molar-refractivity contribution in [3.8, 4) is 0 Å². The van der Waals surface area contributed by atoms with Crippen LogP contribution in [0.15, 0.2) is 0 Å². The lowest BCUT2D eigenvalue weighted by Gasteiger charge is -2.32. The number of amides is 1. The predicted molar refractivity (Wildman–Crippen MR) is 96.9 cm³/mol. The van der Waals surface area contributed by atoms with Crippen LogP contribution in [0.5, 0.6) is 0 Å². The highest BCUT2D eigenvalue weighted by molar-refractivity contribution is 5.76. The van der Waals surface area contributed by atoms with Gasteiger partial charge >= 0.3 is 0 Å². The van der Waals surface area contributed by atoms with Gasteiger partial charge in [0.2, 0.25) is 5.91 Å². The van der Waals surface area contributed by atoms with E-state index in [1.165, 1.54) is 57.8 Å². The number of carbonyl (C=O) groups is 1. The van der Waals surface area contributed by atoms with Crippen LogP contribution in [-0.4, -0.2) is 37.7 Å². The molecule has 0 bridgehead atoms. The molecule has 138 valence electrons. The van der Waals surface area contributed by atoms with Crippen molar-refractivity contribution in [3.05, 3.63) is 0 Å². The van der Waals surface area contributed by atoms with Crippen molar-refractivity contribution in [2.45, 2.75) is 89.1 Å². The fraction of sp³-hybridized carbons (Fsp3) is 0.950. The van der Waals surface area contributed by atoms with Gasteiger partial charge in [-0.05, 0) is 69.7 Å². The Morgan fingerprint density at radius 1 is 0.792 bits per heavy atom. The molecule has 0 unspecified atom stereocenters. The molecule has 1 heterocycles. The summed E-state index contributed by atoms with van der Waals surface area (Å²) in [4.78, 5) is 12.3. The SMILES string of the molecule is O=C(CC1CCCCC1)N[C@H]1CC[C@H](NCC2CCOCC2)CC1. The predicted octanol–water partition coefficient (Wildman–Crippen LogP) is 3.40. The second-order valence-corrected chi connectivity index (χ2v) is 8.29. The zero-order chi connectivity index (χ0) is 16.6. The number of hydrogen-bond acceptors (Lipinski definition) is 3. The lowest BCUT2D eigenvalue weighted by atomic mass is 9.86. The molecule has 3 aliphatic rings. The van der Waals surface area contributed by atoms with Crippen LogP contribution in [0.25, 0.3) is 0 Å². The van der Waals surface area contributed by atoms with Gasteiger partial charge in [0.15, 0.2) is 0 Å². The molecule has 0 radical (unpaired) electrons. The summed E-state index contributed by atoms with van der Waals surface area (Å²) in [6.45, 7) is 3.02. The average molecular weight is 337 g/mol. The maximum absolute atomic E-state index is 12.3. The summed E-state index contributed by atoms with van der Waals surface area (Å²) in [5, 5.41) is 7.07. The maximum Gasteiger partial charge on any atom is 0.220 e. The van der Waals surface area contributed by atoms with Crippen LogP contribution in [0.4, 0.5) is 0 Å². The molecular weight excluding hydrogens is 300 g/mol. The molecule has 3 rings (SSSR count). The Balaban J connectivity index is 1.27. The molecule has 1 saturated heterocycles. The Labute approximate surface area is 147 Å². The van der Waals surface area contributed by atoms with Crippen LogP contribution >= 0.6 is 0 Å². The van der Waals surface area contributed by atoms with Crippen LogP contribution < -0.4 is 10.6 Å². The second-order valence-electron chi connectivity index (χ2n) is 8.29. The van der Waals surface area contributed by atoms with E-state index in [2.05, 4.69) is 10.6 Å². The van der Waals surface area contributed by atoms with E-state index >= 15 is 0 Å². The molecule has 1 aliphatic heterocycles. The summed E-state index contributed by atoms with van der Waals surface area (Å²) in [6.07, 6.45) is 14.4. The van der Waals surface area contributed by atoms with Crippen molar-refractivity contribution in [1.29, 1.82) is 0 Å². The smallest absolute Gasteiger partial charge is 0.220 e. The van der Waals surface area contributed by atoms with Gasteiger partial charge in [-0.1, -0.05) is 19.3 Å². The second kappa shape index (κ2) is 9.76. The van der Waals surface area contributed by atoms with Crippen molar-refractivity contribution in [2.24, 2.45) is 11.8 Å². The number of nitrogens with one attached hydrogen (secondary N) is 2. The first-order chi connectivity index (χ1) is 11.8. The number of hydrogen-bond donors (Lipinski definition) is 2. The Morgan fingerprint density at radius 3 is 2.17 bits per heavy atom. The molecule has 0 aromatic carbocycles. The Kier molecular flexibility index (Phi) is 7.40. The topological polar surface area (TPSA) is 50.4 Å². The summed E-state index contributed by atoms with van der Waals surface area (Å²) in [5.74, 6) is 1.75. The molecule has 2 N–H and O–H groups in total. The van der Waals surface area contributed by atoms with Crippen LogP contribution in [0.3, 0.4) is 0 Å². The molecule has 3 fully saturated rings. The zero-order valence-corrected chi connectivity index (χ0v) is 15.2. The summed E-state index contributed by atoms with van der Waals surface area (Å²) in [6, 6.07) is 1.07. The molecule has 0 aromatic heterocycles. The standard InChI is InChI=1S/C20H36N2O2/c23-20(14-16-4-2-1-3-5-16)22-19-8-6-18(7-9-19)21-15-17-10-12-24-13-11-17/h16-19,21H,1-15H2,(H,22,23)/t18-,19-. The molecule has 0 spiro atoms. The molecule has 2 saturated carbocycles. The van der Waals surface area contributed by atoms with E-state index in [-0.39, 0.29) is 0 Å². The van der Waals surface area contributed by atoms with Crippen LogP contribution in [0.1, 0.15) is 77.0 Å². The van der Waals surface area contributed by atoms with Gasteiger partial charge in [-0.2, -0.15) is 0 Å². The van der Waals surface area contributed by atoms with Gasteiger partial charge in [-0.25, -0.2) is 0 Å². The normalized spacial score (nSPS) is 30.2. The van der Waals surface area contributed by atoms with E-state index < -0.39 is 0 Å². The highest BCUT2D eigenvalue weighted by Gasteiger charge is 2.24. The molecule has 0 aromatic rings. The quantitative estimate of drug-likeness (QED) is 0.781. The molecule has 24 heavy (non-hydrogen) atoms. The van der Waals surface area contributed by atoms with Crippen LogP contribution in [0.2, 0.25) is 0 Å². The minimum absolute atomic E-state index is 0.306. The van der Waals surface area contributed by atoms with Crippen LogP contribution in [-0.2, 0) is 9.53 Å². The highest BCUT2D eigenvalue weighted by Crippen LogP contribution is 2.26. The van der Waals surface area contributed by atoms with Crippen molar-refractivity contribution in [2.75, 3.05) is 19.8 Å². The summed E-state index contributed by atoms with van der Waals surface area (Å²) >= 11 is 0. The minimum atomic E-state index is 0.306. The van der Waals surface area contributed by atoms with Gasteiger partial charge in [0.05, 0.1) is 0 Å². The van der Waals surface area contributed by atoms with Crippen molar-refractivity contribution in [3.63, 3.8) is 0 Å². The molecule has 4 heteroatoms. The van der Waals surface area contributed by atoms with E-state index in [0.29, 0.717) is 23.9 Å². The third kappa shape index (κ3) is 6.03. The Hall–Kier alpha value is -0.610. The lowest BCUT2D eigenvalue weighted by Crippen LogP contribution is -2.43. The molecule has 0 atom stereocenters. The van der Waals surface area contributed by atoms with Crippen LogP contribution in [0, 0.1) is 11.8 Å². The van der Waals surface area contributed by atoms with Gasteiger partial charge in [-0.3, -0.25) is 4.79 Å². The summed E-state index contributed by atoms with van der Waals surface area (Å²) < 4.78 is 5.43. The maximum atomic E-state index is 12.3. The number of carbonyl (C=O) groups excluding carboxylic acids is 1. The van der Waals surface area contributed by atoms with Gasteiger partial charge < -0.3 is 15.4 Å². The fourth-order valence-electron chi connectivity index (χ4n) is 4.67. The first-order valence-corrected chi connectivity index (χ1v) is 10.4. The van der Waals surface area contributed by atoms with E-state index in [0.717, 1.165) is 44.9 Å². The van der Waals surface area contributed by atoms with Gasteiger partial charge in [0.1, 0.15) is 0 Å². The van der Waals surface area contributed by atoms with Crippen molar-refractivity contribution in [1.82, 2.24) is 10.6 Å². The first-order valence-electron chi connectivity index (χ1n) is 10.4. The first kappa shape index (κ1) is 18.2. The number of rotatable bonds is 6. The number of ether oxygens (including phenoxy) is 1. The third-order valence-corrected chi connectivity index (χ3v) is 6.33. The largest absolute Gasteiger partial charge is 0.381 e. The molecular formula is C20H36N2O2.